The molecule has 0 saturated carbocycles. The third-order valence-electron chi connectivity index (χ3n) is 1.55. The van der Waals surface area contributed by atoms with Crippen LogP contribution in [0.4, 0.5) is 0 Å². The van der Waals surface area contributed by atoms with Crippen LogP contribution in [0.25, 0.3) is 0 Å². The van der Waals surface area contributed by atoms with Gasteiger partial charge in [0.25, 0.3) is 0 Å². The van der Waals surface area contributed by atoms with E-state index in [1.54, 1.807) is 7.11 Å². The van der Waals surface area contributed by atoms with Crippen LogP contribution in [0, 0.1) is 0 Å². The Labute approximate surface area is 77.0 Å². The zero-order chi connectivity index (χ0) is 8.10. The molecule has 3 heteroatoms. The first-order chi connectivity index (χ1) is 5.33. The number of thioether (sulfide) groups is 2. The van der Waals surface area contributed by atoms with Gasteiger partial charge in [-0.3, -0.25) is 0 Å². The van der Waals surface area contributed by atoms with Crippen LogP contribution in [-0.4, -0.2) is 36.2 Å². The van der Waals surface area contributed by atoms with Gasteiger partial charge in [0, 0.05) is 30.1 Å². The van der Waals surface area contributed by atoms with Crippen LogP contribution in [0.1, 0.15) is 0 Å². The number of methoxy groups -OCH3 is 1. The van der Waals surface area contributed by atoms with Crippen molar-refractivity contribution in [2.75, 3.05) is 30.1 Å². The van der Waals surface area contributed by atoms with Crippen molar-refractivity contribution in [3.63, 3.8) is 0 Å². The van der Waals surface area contributed by atoms with Crippen molar-refractivity contribution in [1.29, 1.82) is 0 Å². The van der Waals surface area contributed by atoms with Gasteiger partial charge in [-0.15, -0.1) is 0 Å². The number of hydrogen-bond acceptors (Lipinski definition) is 3. The lowest BCUT2D eigenvalue weighted by Crippen LogP contribution is -2.19. The molecule has 11 heavy (non-hydrogen) atoms. The van der Waals surface area contributed by atoms with Crippen molar-refractivity contribution in [2.24, 2.45) is 0 Å². The lowest BCUT2D eigenvalue weighted by atomic mass is 10.4. The van der Waals surface area contributed by atoms with E-state index < -0.39 is 0 Å². The van der Waals surface area contributed by atoms with E-state index in [0.29, 0.717) is 6.10 Å². The predicted octanol–water partition coefficient (Wildman–Crippen LogP) is 2.04. The summed E-state index contributed by atoms with van der Waals surface area (Å²) in [6, 6.07) is 0. The van der Waals surface area contributed by atoms with E-state index in [9.17, 15) is 0 Å². The van der Waals surface area contributed by atoms with E-state index in [1.807, 2.05) is 23.5 Å². The minimum atomic E-state index is 0.443. The highest BCUT2D eigenvalue weighted by molar-refractivity contribution is 8.01. The minimum absolute atomic E-state index is 0.443. The van der Waals surface area contributed by atoms with Crippen molar-refractivity contribution in [3.05, 3.63) is 12.2 Å². The van der Waals surface area contributed by atoms with Crippen molar-refractivity contribution in [1.82, 2.24) is 0 Å². The molecule has 0 bridgehead atoms. The van der Waals surface area contributed by atoms with Gasteiger partial charge in [-0.05, 0) is 0 Å². The quantitative estimate of drug-likeness (QED) is 0.586. The number of rotatable bonds is 1. The molecule has 1 fully saturated rings. The van der Waals surface area contributed by atoms with Crippen LogP contribution in [0.15, 0.2) is 12.2 Å². The second-order valence-electron chi connectivity index (χ2n) is 2.64. The van der Waals surface area contributed by atoms with E-state index in [-0.39, 0.29) is 0 Å². The van der Waals surface area contributed by atoms with Gasteiger partial charge in [-0.25, -0.2) is 0 Å². The normalized spacial score (nSPS) is 22.8. The topological polar surface area (TPSA) is 9.23 Å². The van der Waals surface area contributed by atoms with E-state index in [2.05, 4.69) is 6.58 Å². The Kier molecular flexibility index (Phi) is 4.41. The average molecular weight is 190 g/mol. The first kappa shape index (κ1) is 9.49. The van der Waals surface area contributed by atoms with Gasteiger partial charge in [0.1, 0.15) is 0 Å². The van der Waals surface area contributed by atoms with Gasteiger partial charge in [0.2, 0.25) is 0 Å². The Morgan fingerprint density at radius 2 is 1.91 bits per heavy atom. The van der Waals surface area contributed by atoms with Gasteiger partial charge in [-0.1, -0.05) is 12.2 Å². The maximum atomic E-state index is 5.29. The molecular formula is C8H14OS2. The molecule has 1 heterocycles. The molecule has 1 aliphatic rings. The lowest BCUT2D eigenvalue weighted by Gasteiger charge is -2.18. The molecule has 1 nitrogen and oxygen atoms in total. The Hall–Kier alpha value is 0.400. The second-order valence-corrected chi connectivity index (χ2v) is 4.70. The van der Waals surface area contributed by atoms with Crippen molar-refractivity contribution in [2.45, 2.75) is 6.10 Å². The van der Waals surface area contributed by atoms with Crippen molar-refractivity contribution >= 4 is 23.5 Å². The Morgan fingerprint density at radius 1 is 1.36 bits per heavy atom. The third-order valence-corrected chi connectivity index (χ3v) is 3.99. The summed E-state index contributed by atoms with van der Waals surface area (Å²) in [4.78, 5) is 0. The molecule has 0 amide bonds. The standard InChI is InChI=1S/C8H14OS2/c1-7-3-10-5-8(9-2)6-11-4-7/h8H,1,3-6H2,2H3. The number of ether oxygens (including phenoxy) is 1. The summed E-state index contributed by atoms with van der Waals surface area (Å²) in [5.74, 6) is 4.44. The molecule has 1 saturated heterocycles. The molecule has 64 valence electrons. The van der Waals surface area contributed by atoms with Crippen LogP contribution in [-0.2, 0) is 4.74 Å². The van der Waals surface area contributed by atoms with Gasteiger partial charge in [0.15, 0.2) is 0 Å². The summed E-state index contributed by atoms with van der Waals surface area (Å²) in [5, 5.41) is 0. The second kappa shape index (κ2) is 5.12. The minimum Gasteiger partial charge on any atom is -0.380 e. The molecule has 0 spiro atoms. The first-order valence-electron chi connectivity index (χ1n) is 3.68. The molecule has 0 N–H and O–H groups in total. The summed E-state index contributed by atoms with van der Waals surface area (Å²) in [7, 11) is 1.79. The Bertz CT molecular complexity index is 124. The maximum absolute atomic E-state index is 5.29. The highest BCUT2D eigenvalue weighted by Crippen LogP contribution is 2.20. The summed E-state index contributed by atoms with van der Waals surface area (Å²) in [6.07, 6.45) is 0.443. The average Bonchev–Trinajstić information content (AvgIpc) is 1.96. The fourth-order valence-corrected chi connectivity index (χ4v) is 3.22. The molecule has 0 aromatic rings. The molecule has 1 aliphatic heterocycles. The van der Waals surface area contributed by atoms with Crippen LogP contribution in [0.5, 0.6) is 0 Å². The fourth-order valence-electron chi connectivity index (χ4n) is 0.895. The summed E-state index contributed by atoms with van der Waals surface area (Å²) in [6.45, 7) is 3.98. The van der Waals surface area contributed by atoms with Crippen LogP contribution in [0.2, 0.25) is 0 Å². The van der Waals surface area contributed by atoms with Crippen LogP contribution >= 0.6 is 23.5 Å². The zero-order valence-corrected chi connectivity index (χ0v) is 8.47. The first-order valence-corrected chi connectivity index (χ1v) is 5.99. The van der Waals surface area contributed by atoms with Gasteiger partial charge >= 0.3 is 0 Å². The Balaban J connectivity index is 2.28. The largest absolute Gasteiger partial charge is 0.380 e. The molecule has 0 aromatic carbocycles. The highest BCUT2D eigenvalue weighted by atomic mass is 32.2. The summed E-state index contributed by atoms with van der Waals surface area (Å²) < 4.78 is 5.29. The van der Waals surface area contributed by atoms with Gasteiger partial charge in [-0.2, -0.15) is 23.5 Å². The zero-order valence-electron chi connectivity index (χ0n) is 6.84. The molecule has 0 radical (unpaired) electrons. The number of hydrogen-bond donors (Lipinski definition) is 0. The molecule has 0 aromatic heterocycles. The smallest absolute Gasteiger partial charge is 0.0752 e. The van der Waals surface area contributed by atoms with E-state index >= 15 is 0 Å². The Morgan fingerprint density at radius 3 is 2.36 bits per heavy atom. The monoisotopic (exact) mass is 190 g/mol. The van der Waals surface area contributed by atoms with Crippen LogP contribution in [0.3, 0.4) is 0 Å². The van der Waals surface area contributed by atoms with E-state index in [1.165, 1.54) is 5.57 Å². The summed E-state index contributed by atoms with van der Waals surface area (Å²) in [5.41, 5.74) is 1.36. The molecule has 0 aliphatic carbocycles. The van der Waals surface area contributed by atoms with Gasteiger partial charge < -0.3 is 4.74 Å². The maximum Gasteiger partial charge on any atom is 0.0752 e. The van der Waals surface area contributed by atoms with E-state index in [0.717, 1.165) is 23.0 Å². The van der Waals surface area contributed by atoms with Gasteiger partial charge in [0.05, 0.1) is 6.10 Å². The van der Waals surface area contributed by atoms with Crippen molar-refractivity contribution in [3.8, 4) is 0 Å². The molecule has 1 rings (SSSR count). The fraction of sp³-hybridized carbons (Fsp3) is 0.750. The molecular weight excluding hydrogens is 176 g/mol. The molecule has 0 atom stereocenters. The van der Waals surface area contributed by atoms with Crippen molar-refractivity contribution < 1.29 is 4.74 Å². The third kappa shape index (κ3) is 3.54. The van der Waals surface area contributed by atoms with Crippen LogP contribution < -0.4 is 0 Å². The predicted molar refractivity (Wildman–Crippen MR) is 54.6 cm³/mol. The SMILES string of the molecule is C=C1CSCC(OC)CSC1. The molecule has 0 unspecified atom stereocenters. The summed E-state index contributed by atoms with van der Waals surface area (Å²) >= 11 is 3.86. The highest BCUT2D eigenvalue weighted by Gasteiger charge is 2.11. The van der Waals surface area contributed by atoms with E-state index in [4.69, 9.17) is 4.74 Å². The lowest BCUT2D eigenvalue weighted by molar-refractivity contribution is 0.141.